The van der Waals surface area contributed by atoms with E-state index in [1.54, 1.807) is 0 Å². The maximum absolute atomic E-state index is 12.1. The molecule has 0 aromatic rings. The third-order valence-electron chi connectivity index (χ3n) is 3.56. The van der Waals surface area contributed by atoms with Gasteiger partial charge in [-0.3, -0.25) is 0 Å². The molecule has 1 saturated carbocycles. The summed E-state index contributed by atoms with van der Waals surface area (Å²) < 4.78 is 27.0. The van der Waals surface area contributed by atoms with Crippen LogP contribution in [0.1, 0.15) is 52.9 Å². The van der Waals surface area contributed by atoms with Gasteiger partial charge in [0, 0.05) is 11.9 Å². The number of nitrogens with one attached hydrogen (secondary N) is 1. The second-order valence-corrected chi connectivity index (χ2v) is 8.73. The third kappa shape index (κ3) is 5.89. The van der Waals surface area contributed by atoms with Crippen LogP contribution in [0.25, 0.3) is 0 Å². The van der Waals surface area contributed by atoms with Crippen LogP contribution in [0.15, 0.2) is 0 Å². The Kier molecular flexibility index (Phi) is 5.94. The Morgan fingerprint density at radius 1 is 1.22 bits per heavy atom. The average molecular weight is 296 g/mol. The molecular weight excluding hydrogens is 270 g/mol. The lowest BCUT2D eigenvalue weighted by atomic mass is 9.86. The molecule has 2 atom stereocenters. The Balaban J connectivity index is 2.53. The van der Waals surface area contributed by atoms with E-state index in [2.05, 4.69) is 25.5 Å². The smallest absolute Gasteiger partial charge is 0.211 e. The number of rotatable bonds is 5. The SMILES string of the molecule is CC(C)(C)CCS(=O)(=O)NC1CCCCC1CCl. The minimum absolute atomic E-state index is 0.0428. The Hall–Kier alpha value is 0.200. The highest BCUT2D eigenvalue weighted by molar-refractivity contribution is 7.89. The predicted octanol–water partition coefficient (Wildman–Crippen LogP) is 3.14. The van der Waals surface area contributed by atoms with Crippen molar-refractivity contribution in [2.75, 3.05) is 11.6 Å². The van der Waals surface area contributed by atoms with E-state index in [-0.39, 0.29) is 17.2 Å². The maximum Gasteiger partial charge on any atom is 0.211 e. The molecule has 0 aliphatic heterocycles. The van der Waals surface area contributed by atoms with Gasteiger partial charge in [-0.2, -0.15) is 0 Å². The lowest BCUT2D eigenvalue weighted by Gasteiger charge is -2.31. The maximum atomic E-state index is 12.1. The lowest BCUT2D eigenvalue weighted by Crippen LogP contribution is -2.44. The quantitative estimate of drug-likeness (QED) is 0.792. The summed E-state index contributed by atoms with van der Waals surface area (Å²) in [7, 11) is -3.17. The van der Waals surface area contributed by atoms with Crippen LogP contribution in [0.4, 0.5) is 0 Å². The van der Waals surface area contributed by atoms with E-state index in [9.17, 15) is 8.42 Å². The van der Waals surface area contributed by atoms with Crippen molar-refractivity contribution < 1.29 is 8.42 Å². The minimum Gasteiger partial charge on any atom is -0.212 e. The van der Waals surface area contributed by atoms with Gasteiger partial charge in [-0.05, 0) is 30.6 Å². The molecule has 0 aromatic carbocycles. The van der Waals surface area contributed by atoms with Crippen LogP contribution in [0.5, 0.6) is 0 Å². The fourth-order valence-electron chi connectivity index (χ4n) is 2.28. The van der Waals surface area contributed by atoms with Crippen LogP contribution in [0, 0.1) is 11.3 Å². The summed E-state index contributed by atoms with van der Waals surface area (Å²) in [6, 6.07) is 0.0428. The summed E-state index contributed by atoms with van der Waals surface area (Å²) in [4.78, 5) is 0. The van der Waals surface area contributed by atoms with Crippen LogP contribution >= 0.6 is 11.6 Å². The Morgan fingerprint density at radius 2 is 1.83 bits per heavy atom. The van der Waals surface area contributed by atoms with Crippen molar-refractivity contribution in [1.82, 2.24) is 4.72 Å². The molecule has 0 radical (unpaired) electrons. The Bertz CT molecular complexity index is 348. The number of hydrogen-bond acceptors (Lipinski definition) is 2. The molecule has 2 unspecified atom stereocenters. The fourth-order valence-corrected chi connectivity index (χ4v) is 4.42. The van der Waals surface area contributed by atoms with Gasteiger partial charge in [0.25, 0.3) is 0 Å². The topological polar surface area (TPSA) is 46.2 Å². The van der Waals surface area contributed by atoms with Gasteiger partial charge in [-0.1, -0.05) is 33.6 Å². The molecule has 0 spiro atoms. The summed E-state index contributed by atoms with van der Waals surface area (Å²) in [6.07, 6.45) is 4.90. The molecule has 1 aliphatic carbocycles. The van der Waals surface area contributed by atoms with Crippen molar-refractivity contribution in [2.24, 2.45) is 11.3 Å². The summed E-state index contributed by atoms with van der Waals surface area (Å²) in [5.74, 6) is 1.05. The summed E-state index contributed by atoms with van der Waals surface area (Å²) in [5.41, 5.74) is 0.0488. The minimum atomic E-state index is -3.17. The number of halogens is 1. The highest BCUT2D eigenvalue weighted by Crippen LogP contribution is 2.26. The largest absolute Gasteiger partial charge is 0.212 e. The Labute approximate surface area is 117 Å². The third-order valence-corrected chi connectivity index (χ3v) is 5.36. The van der Waals surface area contributed by atoms with Gasteiger partial charge < -0.3 is 0 Å². The standard InChI is InChI=1S/C13H26ClNO2S/c1-13(2,3)8-9-18(16,17)15-12-7-5-4-6-11(12)10-14/h11-12,15H,4-10H2,1-3H3. The fraction of sp³-hybridized carbons (Fsp3) is 1.00. The van der Waals surface area contributed by atoms with Crippen LogP contribution in [0.3, 0.4) is 0 Å². The molecule has 0 saturated heterocycles. The van der Waals surface area contributed by atoms with Crippen molar-refractivity contribution in [1.29, 1.82) is 0 Å². The molecule has 1 N–H and O–H groups in total. The van der Waals surface area contributed by atoms with Gasteiger partial charge >= 0.3 is 0 Å². The van der Waals surface area contributed by atoms with E-state index in [1.807, 2.05) is 0 Å². The predicted molar refractivity (Wildman–Crippen MR) is 77.5 cm³/mol. The van der Waals surface area contributed by atoms with Crippen molar-refractivity contribution in [3.63, 3.8) is 0 Å². The Morgan fingerprint density at radius 3 is 2.39 bits per heavy atom. The molecule has 1 fully saturated rings. The van der Waals surface area contributed by atoms with Gasteiger partial charge in [0.05, 0.1) is 5.75 Å². The first-order valence-electron chi connectivity index (χ1n) is 6.79. The zero-order chi connectivity index (χ0) is 13.8. The van der Waals surface area contributed by atoms with E-state index in [0.29, 0.717) is 18.2 Å². The highest BCUT2D eigenvalue weighted by atomic mass is 35.5. The van der Waals surface area contributed by atoms with Crippen molar-refractivity contribution in [3.05, 3.63) is 0 Å². The van der Waals surface area contributed by atoms with Crippen molar-refractivity contribution >= 4 is 21.6 Å². The molecule has 5 heteroatoms. The summed E-state index contributed by atoms with van der Waals surface area (Å²) >= 11 is 5.92. The first-order chi connectivity index (χ1) is 8.23. The second-order valence-electron chi connectivity index (χ2n) is 6.55. The van der Waals surface area contributed by atoms with E-state index >= 15 is 0 Å². The lowest BCUT2D eigenvalue weighted by molar-refractivity contribution is 0.312. The zero-order valence-electron chi connectivity index (χ0n) is 11.7. The van der Waals surface area contributed by atoms with Gasteiger partial charge in [0.15, 0.2) is 0 Å². The van der Waals surface area contributed by atoms with E-state index in [1.165, 1.54) is 0 Å². The summed E-state index contributed by atoms with van der Waals surface area (Å²) in [5, 5.41) is 0. The molecule has 0 heterocycles. The summed E-state index contributed by atoms with van der Waals surface area (Å²) in [6.45, 7) is 6.18. The molecule has 0 aromatic heterocycles. The van der Waals surface area contributed by atoms with Gasteiger partial charge in [0.2, 0.25) is 10.0 Å². The number of hydrogen-bond donors (Lipinski definition) is 1. The first kappa shape index (κ1) is 16.3. The number of alkyl halides is 1. The van der Waals surface area contributed by atoms with Gasteiger partial charge in [-0.25, -0.2) is 13.1 Å². The second kappa shape index (κ2) is 6.58. The normalized spacial score (nSPS) is 26.2. The van der Waals surface area contributed by atoms with Crippen LogP contribution in [0.2, 0.25) is 0 Å². The zero-order valence-corrected chi connectivity index (χ0v) is 13.3. The monoisotopic (exact) mass is 295 g/mol. The van der Waals surface area contributed by atoms with E-state index < -0.39 is 10.0 Å². The van der Waals surface area contributed by atoms with Crippen LogP contribution in [-0.4, -0.2) is 26.1 Å². The molecule has 3 nitrogen and oxygen atoms in total. The van der Waals surface area contributed by atoms with Crippen molar-refractivity contribution in [2.45, 2.75) is 58.9 Å². The van der Waals surface area contributed by atoms with Crippen LogP contribution < -0.4 is 4.72 Å². The van der Waals surface area contributed by atoms with Gasteiger partial charge in [-0.15, -0.1) is 11.6 Å². The molecule has 0 amide bonds. The molecule has 1 aliphatic rings. The number of sulfonamides is 1. The molecule has 1 rings (SSSR count). The highest BCUT2D eigenvalue weighted by Gasteiger charge is 2.28. The first-order valence-corrected chi connectivity index (χ1v) is 8.98. The molecular formula is C13H26ClNO2S. The van der Waals surface area contributed by atoms with Gasteiger partial charge in [0.1, 0.15) is 0 Å². The van der Waals surface area contributed by atoms with Crippen molar-refractivity contribution in [3.8, 4) is 0 Å². The average Bonchev–Trinajstić information content (AvgIpc) is 2.26. The molecule has 18 heavy (non-hydrogen) atoms. The van der Waals surface area contributed by atoms with E-state index in [0.717, 1.165) is 25.7 Å². The van der Waals surface area contributed by atoms with E-state index in [4.69, 9.17) is 11.6 Å². The van der Waals surface area contributed by atoms with Crippen LogP contribution in [-0.2, 0) is 10.0 Å². The molecule has 108 valence electrons. The molecule has 0 bridgehead atoms.